The van der Waals surface area contributed by atoms with Crippen molar-refractivity contribution in [3.8, 4) is 5.75 Å². The number of hydrogen-bond acceptors (Lipinski definition) is 3. The van der Waals surface area contributed by atoms with Gasteiger partial charge in [-0.3, -0.25) is 0 Å². The first-order valence-electron chi connectivity index (χ1n) is 5.07. The summed E-state index contributed by atoms with van der Waals surface area (Å²) < 4.78 is 5.63. The molecule has 1 aromatic carbocycles. The Morgan fingerprint density at radius 2 is 2.24 bits per heavy atom. The van der Waals surface area contributed by atoms with Crippen molar-refractivity contribution in [1.82, 2.24) is 4.98 Å². The van der Waals surface area contributed by atoms with Crippen LogP contribution in [-0.4, -0.2) is 4.98 Å². The molecule has 0 radical (unpaired) electrons. The van der Waals surface area contributed by atoms with Gasteiger partial charge in [-0.25, -0.2) is 4.98 Å². The third-order valence-electron chi connectivity index (χ3n) is 2.23. The Labute approximate surface area is 114 Å². The largest absolute Gasteiger partial charge is 0.486 e. The van der Waals surface area contributed by atoms with Gasteiger partial charge in [0.25, 0.3) is 0 Å². The van der Waals surface area contributed by atoms with E-state index in [2.05, 4.69) is 4.98 Å². The van der Waals surface area contributed by atoms with Gasteiger partial charge in [-0.15, -0.1) is 22.9 Å². The summed E-state index contributed by atoms with van der Waals surface area (Å²) in [6, 6.07) is 5.60. The van der Waals surface area contributed by atoms with Crippen molar-refractivity contribution < 1.29 is 4.74 Å². The zero-order chi connectivity index (χ0) is 12.3. The van der Waals surface area contributed by atoms with Crippen molar-refractivity contribution >= 4 is 34.5 Å². The lowest BCUT2D eigenvalue weighted by Gasteiger charge is -2.05. The fourth-order valence-corrected chi connectivity index (χ4v) is 2.38. The molecule has 0 fully saturated rings. The smallest absolute Gasteiger partial charge is 0.140 e. The molecule has 0 N–H and O–H groups in total. The Bertz CT molecular complexity index is 513. The van der Waals surface area contributed by atoms with Crippen LogP contribution in [0.15, 0.2) is 23.6 Å². The van der Waals surface area contributed by atoms with Gasteiger partial charge in [-0.2, -0.15) is 0 Å². The van der Waals surface area contributed by atoms with E-state index in [0.717, 1.165) is 27.0 Å². The monoisotopic (exact) mass is 287 g/mol. The SMILES string of the molecule is Cc1cc(OCc2nc(CCl)cs2)ccc1Cl. The van der Waals surface area contributed by atoms with Crippen LogP contribution in [0.1, 0.15) is 16.3 Å². The molecular formula is C12H11Cl2NOS. The molecule has 1 heterocycles. The lowest BCUT2D eigenvalue weighted by molar-refractivity contribution is 0.305. The number of thiazole rings is 1. The van der Waals surface area contributed by atoms with E-state index < -0.39 is 0 Å². The van der Waals surface area contributed by atoms with Crippen LogP contribution in [0.2, 0.25) is 5.02 Å². The van der Waals surface area contributed by atoms with Crippen LogP contribution in [0.25, 0.3) is 0 Å². The standard InChI is InChI=1S/C12H11Cl2NOS/c1-8-4-10(2-3-11(8)14)16-6-12-15-9(5-13)7-17-12/h2-4,7H,5-6H2,1H3. The van der Waals surface area contributed by atoms with E-state index in [-0.39, 0.29) is 0 Å². The van der Waals surface area contributed by atoms with Gasteiger partial charge in [-0.05, 0) is 30.7 Å². The topological polar surface area (TPSA) is 22.1 Å². The minimum atomic E-state index is 0.441. The van der Waals surface area contributed by atoms with Crippen molar-refractivity contribution in [2.24, 2.45) is 0 Å². The Hall–Kier alpha value is -0.770. The zero-order valence-electron chi connectivity index (χ0n) is 9.24. The molecule has 2 aromatic rings. The van der Waals surface area contributed by atoms with E-state index >= 15 is 0 Å². The highest BCUT2D eigenvalue weighted by Crippen LogP contribution is 2.22. The van der Waals surface area contributed by atoms with Crippen molar-refractivity contribution in [3.63, 3.8) is 0 Å². The van der Waals surface area contributed by atoms with E-state index in [1.165, 1.54) is 0 Å². The Morgan fingerprint density at radius 1 is 1.41 bits per heavy atom. The van der Waals surface area contributed by atoms with Gasteiger partial charge in [-0.1, -0.05) is 11.6 Å². The fourth-order valence-electron chi connectivity index (χ4n) is 1.33. The molecule has 5 heteroatoms. The van der Waals surface area contributed by atoms with E-state index in [9.17, 15) is 0 Å². The molecule has 0 spiro atoms. The number of aromatic nitrogens is 1. The summed E-state index contributed by atoms with van der Waals surface area (Å²) >= 11 is 13.2. The highest BCUT2D eigenvalue weighted by Gasteiger charge is 2.03. The summed E-state index contributed by atoms with van der Waals surface area (Å²) in [6.07, 6.45) is 0. The maximum Gasteiger partial charge on any atom is 0.140 e. The van der Waals surface area contributed by atoms with Crippen molar-refractivity contribution in [1.29, 1.82) is 0 Å². The maximum atomic E-state index is 5.94. The van der Waals surface area contributed by atoms with Crippen LogP contribution in [0.4, 0.5) is 0 Å². The number of alkyl halides is 1. The number of hydrogen-bond donors (Lipinski definition) is 0. The maximum absolute atomic E-state index is 5.94. The van der Waals surface area contributed by atoms with Gasteiger partial charge in [0.05, 0.1) is 11.6 Å². The fraction of sp³-hybridized carbons (Fsp3) is 0.250. The molecule has 90 valence electrons. The molecule has 0 saturated carbocycles. The molecule has 0 unspecified atom stereocenters. The number of benzene rings is 1. The second-order valence-corrected chi connectivity index (χ2v) is 5.18. The number of rotatable bonds is 4. The molecular weight excluding hydrogens is 277 g/mol. The molecule has 0 bridgehead atoms. The van der Waals surface area contributed by atoms with Gasteiger partial charge in [0.1, 0.15) is 17.4 Å². The van der Waals surface area contributed by atoms with Crippen LogP contribution < -0.4 is 4.74 Å². The minimum absolute atomic E-state index is 0.441. The molecule has 0 saturated heterocycles. The van der Waals surface area contributed by atoms with Crippen LogP contribution in [0.3, 0.4) is 0 Å². The van der Waals surface area contributed by atoms with Gasteiger partial charge >= 0.3 is 0 Å². The van der Waals surface area contributed by atoms with Crippen molar-refractivity contribution in [2.75, 3.05) is 0 Å². The zero-order valence-corrected chi connectivity index (χ0v) is 11.6. The number of ether oxygens (including phenoxy) is 1. The summed E-state index contributed by atoms with van der Waals surface area (Å²) in [6.45, 7) is 2.41. The number of aryl methyl sites for hydroxylation is 1. The predicted octanol–water partition coefficient (Wildman–Crippen LogP) is 4.42. The Morgan fingerprint density at radius 3 is 2.88 bits per heavy atom. The average Bonchev–Trinajstić information content (AvgIpc) is 2.79. The molecule has 2 rings (SSSR count). The summed E-state index contributed by atoms with van der Waals surface area (Å²) in [4.78, 5) is 4.32. The minimum Gasteiger partial charge on any atom is -0.486 e. The second-order valence-electron chi connectivity index (χ2n) is 3.57. The summed E-state index contributed by atoms with van der Waals surface area (Å²) in [7, 11) is 0. The van der Waals surface area contributed by atoms with Crippen LogP contribution in [0, 0.1) is 6.92 Å². The first-order chi connectivity index (χ1) is 8.19. The second kappa shape index (κ2) is 5.71. The highest BCUT2D eigenvalue weighted by molar-refractivity contribution is 7.09. The Balaban J connectivity index is 1.99. The van der Waals surface area contributed by atoms with Crippen LogP contribution in [0.5, 0.6) is 5.75 Å². The third-order valence-corrected chi connectivity index (χ3v) is 3.80. The van der Waals surface area contributed by atoms with Gasteiger partial charge in [0, 0.05) is 10.4 Å². The first kappa shape index (κ1) is 12.7. The molecule has 0 atom stereocenters. The van der Waals surface area contributed by atoms with Gasteiger partial charge in [0.2, 0.25) is 0 Å². The number of halogens is 2. The first-order valence-corrected chi connectivity index (χ1v) is 6.86. The Kier molecular flexibility index (Phi) is 4.26. The number of nitrogens with zero attached hydrogens (tertiary/aromatic N) is 1. The van der Waals surface area contributed by atoms with Gasteiger partial charge in [0.15, 0.2) is 0 Å². The lowest BCUT2D eigenvalue weighted by Crippen LogP contribution is -1.95. The predicted molar refractivity (Wildman–Crippen MR) is 72.2 cm³/mol. The molecule has 0 aliphatic heterocycles. The molecule has 0 aliphatic rings. The van der Waals surface area contributed by atoms with E-state index in [0.29, 0.717) is 12.5 Å². The van der Waals surface area contributed by atoms with Crippen LogP contribution >= 0.6 is 34.5 Å². The highest BCUT2D eigenvalue weighted by atomic mass is 35.5. The average molecular weight is 288 g/mol. The third kappa shape index (κ3) is 3.35. The van der Waals surface area contributed by atoms with E-state index in [1.54, 1.807) is 11.3 Å². The van der Waals surface area contributed by atoms with Gasteiger partial charge < -0.3 is 4.74 Å². The van der Waals surface area contributed by atoms with Crippen molar-refractivity contribution in [3.05, 3.63) is 44.9 Å². The van der Waals surface area contributed by atoms with E-state index in [4.69, 9.17) is 27.9 Å². The van der Waals surface area contributed by atoms with Crippen molar-refractivity contribution in [2.45, 2.75) is 19.4 Å². The molecule has 0 amide bonds. The van der Waals surface area contributed by atoms with E-state index in [1.807, 2.05) is 30.5 Å². The molecule has 17 heavy (non-hydrogen) atoms. The lowest BCUT2D eigenvalue weighted by atomic mass is 10.2. The quantitative estimate of drug-likeness (QED) is 0.777. The summed E-state index contributed by atoms with van der Waals surface area (Å²) in [5, 5.41) is 3.61. The molecule has 2 nitrogen and oxygen atoms in total. The molecule has 0 aliphatic carbocycles. The van der Waals surface area contributed by atoms with Crippen LogP contribution in [-0.2, 0) is 12.5 Å². The molecule has 1 aromatic heterocycles. The normalized spacial score (nSPS) is 10.5. The summed E-state index contributed by atoms with van der Waals surface area (Å²) in [5.74, 6) is 1.24. The summed E-state index contributed by atoms with van der Waals surface area (Å²) in [5.41, 5.74) is 1.90.